The lowest BCUT2D eigenvalue weighted by Crippen LogP contribution is -2.39. The molecule has 13 nitrogen and oxygen atoms in total. The van der Waals surface area contributed by atoms with Crippen LogP contribution in [0.1, 0.15) is 69.4 Å². The molecule has 0 radical (unpaired) electrons. The summed E-state index contributed by atoms with van der Waals surface area (Å²) in [7, 11) is 3.61. The zero-order valence-corrected chi connectivity index (χ0v) is 43.2. The zero-order chi connectivity index (χ0) is 46.7. The molecule has 6 heterocycles. The molecule has 348 valence electrons. The van der Waals surface area contributed by atoms with Gasteiger partial charge in [0.15, 0.2) is 0 Å². The second-order valence-electron chi connectivity index (χ2n) is 16.8. The molecule has 0 aliphatic carbocycles. The Kier molecular flexibility index (Phi) is 21.9. The summed E-state index contributed by atoms with van der Waals surface area (Å²) in [5.41, 5.74) is 7.32. The number of aryl methyl sites for hydroxylation is 2. The van der Waals surface area contributed by atoms with Gasteiger partial charge in [-0.15, -0.1) is 24.0 Å². The molecule has 9 rings (SSSR count). The largest absolute Gasteiger partial charge is 0.496 e. The second kappa shape index (κ2) is 26.4. The summed E-state index contributed by atoms with van der Waals surface area (Å²) in [6.07, 6.45) is 15.4. The lowest BCUT2D eigenvalue weighted by Gasteiger charge is -2.31. The van der Waals surface area contributed by atoms with Gasteiger partial charge in [0.1, 0.15) is 22.5 Å². The topological polar surface area (TPSA) is 141 Å². The lowest BCUT2D eigenvalue weighted by molar-refractivity contribution is 0.0214. The maximum absolute atomic E-state index is 11.9. The predicted octanol–water partition coefficient (Wildman–Crippen LogP) is 11.5. The number of benzene rings is 3. The second-order valence-corrected chi connectivity index (χ2v) is 16.8. The SMILES string of the molecule is CBr.CC(C)(C)OC(=O)N1CCc2ccccc2C1.CC(C)(C)OC(=O)N1CCc2ccccc2C1.COc1ccnc2c1ccc1c(C)ccnc12.Cn1ccnc1.I.c1c[nH]cn1. The van der Waals surface area contributed by atoms with Gasteiger partial charge in [0.2, 0.25) is 0 Å². The third-order valence-corrected chi connectivity index (χ3v) is 9.63. The summed E-state index contributed by atoms with van der Waals surface area (Å²) < 4.78 is 18.0. The van der Waals surface area contributed by atoms with Gasteiger partial charge in [-0.25, -0.2) is 19.6 Å². The molecule has 0 spiro atoms. The molecule has 7 aromatic rings. The Bertz CT molecular complexity index is 2390. The number of H-pyrrole nitrogens is 1. The number of aromatic nitrogens is 6. The van der Waals surface area contributed by atoms with E-state index in [0.717, 1.165) is 53.5 Å². The average molecular weight is 1060 g/mol. The minimum atomic E-state index is -0.423. The normalized spacial score (nSPS) is 12.4. The fourth-order valence-corrected chi connectivity index (χ4v) is 6.62. The van der Waals surface area contributed by atoms with Crippen molar-refractivity contribution in [2.75, 3.05) is 26.0 Å². The number of carbonyl (C=O) groups excluding carboxylic acids is 2. The first kappa shape index (κ1) is 53.8. The number of halogens is 2. The quantitative estimate of drug-likeness (QED) is 0.0966. The molecule has 15 heteroatoms. The van der Waals surface area contributed by atoms with Gasteiger partial charge in [-0.2, -0.15) is 0 Å². The maximum Gasteiger partial charge on any atom is 0.410 e. The first-order valence-electron chi connectivity index (χ1n) is 21.1. The van der Waals surface area contributed by atoms with Crippen molar-refractivity contribution in [3.8, 4) is 5.75 Å². The number of alkyl halides is 1. The first-order chi connectivity index (χ1) is 30.6. The van der Waals surface area contributed by atoms with E-state index < -0.39 is 11.2 Å². The van der Waals surface area contributed by atoms with E-state index >= 15 is 0 Å². The molecule has 0 bridgehead atoms. The number of ether oxygens (including phenoxy) is 3. The van der Waals surface area contributed by atoms with Crippen molar-refractivity contribution in [2.24, 2.45) is 7.05 Å². The molecule has 3 aromatic carbocycles. The molecule has 0 fully saturated rings. The average Bonchev–Trinajstić information content (AvgIpc) is 4.04. The summed E-state index contributed by atoms with van der Waals surface area (Å²) in [4.78, 5) is 46.4. The smallest absolute Gasteiger partial charge is 0.410 e. The molecule has 0 unspecified atom stereocenters. The van der Waals surface area contributed by atoms with E-state index in [-0.39, 0.29) is 36.2 Å². The van der Waals surface area contributed by atoms with Crippen LogP contribution in [0, 0.1) is 6.92 Å². The van der Waals surface area contributed by atoms with E-state index in [9.17, 15) is 9.59 Å². The molecule has 2 aliphatic heterocycles. The van der Waals surface area contributed by atoms with Crippen molar-refractivity contribution >= 4 is 73.9 Å². The van der Waals surface area contributed by atoms with Gasteiger partial charge in [0.25, 0.3) is 0 Å². The van der Waals surface area contributed by atoms with Crippen molar-refractivity contribution in [2.45, 2.75) is 85.6 Å². The van der Waals surface area contributed by atoms with Crippen molar-refractivity contribution in [3.05, 3.63) is 150 Å². The van der Waals surface area contributed by atoms with Gasteiger partial charge in [0, 0.05) is 81.2 Å². The minimum Gasteiger partial charge on any atom is -0.496 e. The Balaban J connectivity index is 0.000000226. The molecule has 4 aromatic heterocycles. The highest BCUT2D eigenvalue weighted by atomic mass is 127. The van der Waals surface area contributed by atoms with E-state index in [1.54, 1.807) is 54.4 Å². The Labute approximate surface area is 409 Å². The molecule has 0 saturated carbocycles. The van der Waals surface area contributed by atoms with E-state index in [4.69, 9.17) is 14.2 Å². The number of fused-ring (bicyclic) bond motifs is 5. The third kappa shape index (κ3) is 17.4. The van der Waals surface area contributed by atoms with Crippen molar-refractivity contribution in [3.63, 3.8) is 0 Å². The summed E-state index contributed by atoms with van der Waals surface area (Å²) in [6.45, 7) is 16.2. The number of aromatic amines is 1. The van der Waals surface area contributed by atoms with Crippen molar-refractivity contribution in [1.29, 1.82) is 0 Å². The Morgan fingerprint density at radius 1 is 0.662 bits per heavy atom. The Morgan fingerprint density at radius 3 is 1.55 bits per heavy atom. The van der Waals surface area contributed by atoms with Gasteiger partial charge in [-0.3, -0.25) is 9.97 Å². The summed E-state index contributed by atoms with van der Waals surface area (Å²) >= 11 is 2.94. The zero-order valence-electron chi connectivity index (χ0n) is 39.2. The number of carbonyl (C=O) groups is 2. The summed E-state index contributed by atoms with van der Waals surface area (Å²) in [5.74, 6) is 2.65. The van der Waals surface area contributed by atoms with Crippen LogP contribution in [-0.2, 0) is 42.5 Å². The lowest BCUT2D eigenvalue weighted by atomic mass is 10.0. The van der Waals surface area contributed by atoms with Gasteiger partial charge in [-0.05, 0) is 113 Å². The standard InChI is InChI=1S/C14H12N2O.2C14H19NO2.C4H6N2.C3H4N2.CH3Br.HI/c1-9-5-7-15-13-10(9)3-4-11-12(17-2)6-8-16-14(11)13;2*1-14(2,3)17-13(16)15-9-8-11-6-4-5-7-12(11)10-15;1-6-3-2-5-4-6;1-2-5-3-4-1;1-2;/h3-8H,1-2H3;2*4-7H,8-10H2,1-3H3;2-4H,1H3;1-3H,(H,4,5);1H3;1H. The molecular formula is C50H64BrIN8O5. The molecule has 0 atom stereocenters. The van der Waals surface area contributed by atoms with Crippen LogP contribution in [0.15, 0.2) is 123 Å². The highest BCUT2D eigenvalue weighted by Crippen LogP contribution is 2.30. The van der Waals surface area contributed by atoms with Crippen molar-refractivity contribution < 1.29 is 23.8 Å². The summed E-state index contributed by atoms with van der Waals surface area (Å²) in [6, 6.07) is 24.5. The summed E-state index contributed by atoms with van der Waals surface area (Å²) in [5, 5.41) is 2.14. The monoisotopic (exact) mass is 1060 g/mol. The fraction of sp³-hybridized carbons (Fsp3) is 0.360. The minimum absolute atomic E-state index is 0. The van der Waals surface area contributed by atoms with Gasteiger partial charge in [0.05, 0.1) is 25.3 Å². The van der Waals surface area contributed by atoms with Crippen LogP contribution in [0.4, 0.5) is 9.59 Å². The number of hydrogen-bond acceptors (Lipinski definition) is 9. The highest BCUT2D eigenvalue weighted by Gasteiger charge is 2.26. The predicted molar refractivity (Wildman–Crippen MR) is 274 cm³/mol. The van der Waals surface area contributed by atoms with Crippen LogP contribution >= 0.6 is 39.9 Å². The number of pyridine rings is 2. The van der Waals surface area contributed by atoms with Crippen LogP contribution in [0.25, 0.3) is 21.8 Å². The molecular weight excluding hydrogens is 999 g/mol. The maximum atomic E-state index is 11.9. The fourth-order valence-electron chi connectivity index (χ4n) is 6.62. The van der Waals surface area contributed by atoms with Gasteiger partial charge in [-0.1, -0.05) is 70.5 Å². The molecule has 2 amide bonds. The van der Waals surface area contributed by atoms with Crippen molar-refractivity contribution in [1.82, 2.24) is 39.3 Å². The van der Waals surface area contributed by atoms with E-state index in [1.165, 1.54) is 27.8 Å². The Morgan fingerprint density at radius 2 is 1.15 bits per heavy atom. The van der Waals surface area contributed by atoms with E-state index in [2.05, 4.69) is 78.1 Å². The van der Waals surface area contributed by atoms with Gasteiger partial charge >= 0.3 is 12.2 Å². The van der Waals surface area contributed by atoms with Crippen LogP contribution < -0.4 is 4.74 Å². The first-order valence-corrected chi connectivity index (χ1v) is 22.7. The molecule has 2 aliphatic rings. The van der Waals surface area contributed by atoms with Crippen LogP contribution in [0.3, 0.4) is 0 Å². The van der Waals surface area contributed by atoms with Crippen LogP contribution in [-0.4, -0.2) is 88.7 Å². The molecule has 1 N–H and O–H groups in total. The number of hydrogen-bond donors (Lipinski definition) is 1. The number of nitrogens with zero attached hydrogens (tertiary/aromatic N) is 7. The number of nitrogens with one attached hydrogen (secondary N) is 1. The third-order valence-electron chi connectivity index (χ3n) is 9.63. The van der Waals surface area contributed by atoms with Gasteiger partial charge < -0.3 is 33.6 Å². The van der Waals surface area contributed by atoms with Crippen LogP contribution in [0.5, 0.6) is 5.75 Å². The van der Waals surface area contributed by atoms with E-state index in [1.807, 2.05) is 114 Å². The van der Waals surface area contributed by atoms with Crippen LogP contribution in [0.2, 0.25) is 0 Å². The highest BCUT2D eigenvalue weighted by molar-refractivity contribution is 14.0. The number of rotatable bonds is 1. The van der Waals surface area contributed by atoms with E-state index in [0.29, 0.717) is 13.1 Å². The molecule has 0 saturated heterocycles. The molecule has 65 heavy (non-hydrogen) atoms. The number of amides is 2. The Hall–Kier alpha value is -5.55. The number of methoxy groups -OCH3 is 1. The number of imidazole rings is 2.